The van der Waals surface area contributed by atoms with Crippen molar-refractivity contribution >= 4 is 23.3 Å². The summed E-state index contributed by atoms with van der Waals surface area (Å²) in [6.07, 6.45) is 3.51. The predicted octanol–water partition coefficient (Wildman–Crippen LogP) is 1.91. The van der Waals surface area contributed by atoms with Gasteiger partial charge in [-0.05, 0) is 57.6 Å². The summed E-state index contributed by atoms with van der Waals surface area (Å²) in [5.74, 6) is 1.01. The average Bonchev–Trinajstić information content (AvgIpc) is 2.73. The van der Waals surface area contributed by atoms with E-state index in [1.807, 2.05) is 19.1 Å². The number of nitrogens with two attached hydrogens (primary N) is 2. The third-order valence-electron chi connectivity index (χ3n) is 5.84. The number of hydrogen-bond donors (Lipinski definition) is 6. The molecule has 31 heavy (non-hydrogen) atoms. The molecule has 1 fully saturated rings. The van der Waals surface area contributed by atoms with Crippen LogP contribution in [0.4, 0.5) is 0 Å². The minimum absolute atomic E-state index is 0.0170. The van der Waals surface area contributed by atoms with Gasteiger partial charge in [-0.25, -0.2) is 0 Å². The minimum Gasteiger partial charge on any atom is -0.396 e. The van der Waals surface area contributed by atoms with Crippen LogP contribution in [0.1, 0.15) is 24.0 Å². The van der Waals surface area contributed by atoms with Gasteiger partial charge in [-0.1, -0.05) is 29.3 Å². The fourth-order valence-corrected chi connectivity index (χ4v) is 4.07. The molecule has 2 heterocycles. The number of piperidine rings is 1. The van der Waals surface area contributed by atoms with Crippen LogP contribution >= 0.6 is 11.6 Å². The molecule has 0 aliphatic carbocycles. The summed E-state index contributed by atoms with van der Waals surface area (Å²) in [7, 11) is 2.09. The Kier molecular flexibility index (Phi) is 7.46. The molecule has 168 valence electrons. The van der Waals surface area contributed by atoms with Crippen molar-refractivity contribution in [2.75, 3.05) is 33.2 Å². The van der Waals surface area contributed by atoms with E-state index in [0.717, 1.165) is 49.3 Å². The number of amidine groups is 2. The van der Waals surface area contributed by atoms with E-state index in [9.17, 15) is 0 Å². The van der Waals surface area contributed by atoms with Crippen LogP contribution in [0.3, 0.4) is 0 Å². The summed E-state index contributed by atoms with van der Waals surface area (Å²) in [6, 6.07) is 5.95. The first kappa shape index (κ1) is 23.0. The fourth-order valence-electron chi connectivity index (χ4n) is 3.90. The van der Waals surface area contributed by atoms with E-state index in [2.05, 4.69) is 33.5 Å². The van der Waals surface area contributed by atoms with Gasteiger partial charge >= 0.3 is 0 Å². The second-order valence-electron chi connectivity index (χ2n) is 8.33. The van der Waals surface area contributed by atoms with Gasteiger partial charge in [0, 0.05) is 30.6 Å². The lowest BCUT2D eigenvalue weighted by molar-refractivity contribution is 0.250. The number of halogens is 1. The molecule has 0 atom stereocenters. The zero-order valence-electron chi connectivity index (χ0n) is 18.3. The van der Waals surface area contributed by atoms with Gasteiger partial charge in [0.1, 0.15) is 17.5 Å². The highest BCUT2D eigenvalue weighted by molar-refractivity contribution is 6.31. The Hall–Kier alpha value is -2.71. The summed E-state index contributed by atoms with van der Waals surface area (Å²) in [6.45, 7) is 5.98. The topological polar surface area (TPSA) is 130 Å². The molecular weight excluding hydrogens is 412 g/mol. The van der Waals surface area contributed by atoms with Crippen LogP contribution in [0.25, 0.3) is 0 Å². The standard InChI is InChI=1S/C22H33ClN8/c1-14-3-4-17(23)16(11-14)13-31-10-7-28-22(27)19(31)12-18(24)21(26)29-20(25)15-5-8-30(2)9-6-15/h3-4,11-12,15,28H,5-10,13,24,27H2,1-2H3,(H3,25,26,29)/b18-12-. The highest BCUT2D eigenvalue weighted by Gasteiger charge is 2.23. The molecule has 0 amide bonds. The smallest absolute Gasteiger partial charge is 0.147 e. The number of likely N-dealkylation sites (tertiary alicyclic amines) is 1. The first-order valence-electron chi connectivity index (χ1n) is 10.6. The van der Waals surface area contributed by atoms with E-state index < -0.39 is 0 Å². The number of allylic oxidation sites excluding steroid dienone is 1. The fraction of sp³-hybridized carbons (Fsp3) is 0.455. The molecule has 8 N–H and O–H groups in total. The summed E-state index contributed by atoms with van der Waals surface area (Å²) in [4.78, 5) is 4.36. The van der Waals surface area contributed by atoms with Crippen molar-refractivity contribution in [2.45, 2.75) is 26.3 Å². The normalized spacial score (nSPS) is 18.7. The lowest BCUT2D eigenvalue weighted by Crippen LogP contribution is -2.43. The maximum atomic E-state index is 8.34. The van der Waals surface area contributed by atoms with Gasteiger partial charge in [-0.15, -0.1) is 0 Å². The van der Waals surface area contributed by atoms with Crippen LogP contribution in [0.2, 0.25) is 5.02 Å². The second-order valence-corrected chi connectivity index (χ2v) is 8.74. The molecule has 2 aliphatic heterocycles. The summed E-state index contributed by atoms with van der Waals surface area (Å²) in [5, 5.41) is 23.4. The molecule has 1 aromatic carbocycles. The largest absolute Gasteiger partial charge is 0.396 e. The van der Waals surface area contributed by atoms with Crippen LogP contribution in [-0.4, -0.2) is 54.7 Å². The van der Waals surface area contributed by atoms with Crippen molar-refractivity contribution in [3.63, 3.8) is 0 Å². The van der Waals surface area contributed by atoms with Crippen molar-refractivity contribution in [3.05, 3.63) is 57.6 Å². The predicted molar refractivity (Wildman–Crippen MR) is 127 cm³/mol. The third kappa shape index (κ3) is 5.92. The Bertz CT molecular complexity index is 899. The number of nitrogens with zero attached hydrogens (tertiary/aromatic N) is 2. The van der Waals surface area contributed by atoms with Gasteiger partial charge in [0.05, 0.1) is 11.4 Å². The maximum Gasteiger partial charge on any atom is 0.147 e. The zero-order chi connectivity index (χ0) is 22.5. The summed E-state index contributed by atoms with van der Waals surface area (Å²) < 4.78 is 0. The maximum absolute atomic E-state index is 8.34. The molecular formula is C22H33ClN8. The highest BCUT2D eigenvalue weighted by Crippen LogP contribution is 2.23. The number of aryl methyl sites for hydroxylation is 1. The van der Waals surface area contributed by atoms with Crippen molar-refractivity contribution in [2.24, 2.45) is 17.4 Å². The van der Waals surface area contributed by atoms with Gasteiger partial charge in [-0.3, -0.25) is 10.8 Å². The van der Waals surface area contributed by atoms with Crippen molar-refractivity contribution in [3.8, 4) is 0 Å². The van der Waals surface area contributed by atoms with Gasteiger partial charge in [-0.2, -0.15) is 0 Å². The van der Waals surface area contributed by atoms with Crippen LogP contribution < -0.4 is 22.1 Å². The number of benzene rings is 1. The Morgan fingerprint density at radius 2 is 2.00 bits per heavy atom. The molecule has 2 aliphatic rings. The minimum atomic E-state index is 0.0170. The number of nitrogens with one attached hydrogen (secondary N) is 4. The van der Waals surface area contributed by atoms with Gasteiger partial charge in [0.15, 0.2) is 0 Å². The Labute approximate surface area is 189 Å². The second kappa shape index (κ2) is 10.1. The van der Waals surface area contributed by atoms with Gasteiger partial charge < -0.3 is 31.9 Å². The zero-order valence-corrected chi connectivity index (χ0v) is 19.0. The van der Waals surface area contributed by atoms with E-state index in [0.29, 0.717) is 29.8 Å². The quantitative estimate of drug-likeness (QED) is 0.304. The van der Waals surface area contributed by atoms with Crippen molar-refractivity contribution in [1.82, 2.24) is 20.4 Å². The van der Waals surface area contributed by atoms with E-state index in [1.54, 1.807) is 6.08 Å². The lowest BCUT2D eigenvalue weighted by atomic mass is 9.96. The molecule has 3 rings (SSSR count). The molecule has 1 aromatic rings. The van der Waals surface area contributed by atoms with E-state index in [1.165, 1.54) is 0 Å². The van der Waals surface area contributed by atoms with Crippen LogP contribution in [0, 0.1) is 23.7 Å². The van der Waals surface area contributed by atoms with Crippen molar-refractivity contribution in [1.29, 1.82) is 10.8 Å². The molecule has 0 saturated carbocycles. The van der Waals surface area contributed by atoms with E-state index >= 15 is 0 Å². The highest BCUT2D eigenvalue weighted by atomic mass is 35.5. The Morgan fingerprint density at radius 3 is 2.71 bits per heavy atom. The first-order valence-corrected chi connectivity index (χ1v) is 11.0. The van der Waals surface area contributed by atoms with Crippen molar-refractivity contribution < 1.29 is 0 Å². The number of rotatable bonds is 5. The van der Waals surface area contributed by atoms with E-state index in [4.69, 9.17) is 33.9 Å². The van der Waals surface area contributed by atoms with Crippen LogP contribution in [-0.2, 0) is 6.54 Å². The molecule has 0 unspecified atom stereocenters. The SMILES string of the molecule is Cc1ccc(Cl)c(CN2CCNC(N)=C2/C=C(\N)C(=N)NC(=N)C2CCN(C)CC2)c1. The lowest BCUT2D eigenvalue weighted by Gasteiger charge is -2.32. The average molecular weight is 445 g/mol. The molecule has 9 heteroatoms. The molecule has 0 spiro atoms. The van der Waals surface area contributed by atoms with Crippen LogP contribution in [0.5, 0.6) is 0 Å². The molecule has 1 saturated heterocycles. The molecule has 0 radical (unpaired) electrons. The summed E-state index contributed by atoms with van der Waals surface area (Å²) >= 11 is 6.40. The number of hydrogen-bond acceptors (Lipinski definition) is 7. The molecule has 0 aromatic heterocycles. The first-order chi connectivity index (χ1) is 14.7. The Balaban J connectivity index is 1.71. The van der Waals surface area contributed by atoms with Crippen LogP contribution in [0.15, 0.2) is 41.5 Å². The third-order valence-corrected chi connectivity index (χ3v) is 6.21. The van der Waals surface area contributed by atoms with Gasteiger partial charge in [0.25, 0.3) is 0 Å². The monoisotopic (exact) mass is 444 g/mol. The van der Waals surface area contributed by atoms with E-state index in [-0.39, 0.29) is 17.5 Å². The van der Waals surface area contributed by atoms with Gasteiger partial charge in [0.2, 0.25) is 0 Å². The Morgan fingerprint density at radius 1 is 1.29 bits per heavy atom. The molecule has 0 bridgehead atoms. The molecule has 8 nitrogen and oxygen atoms in total. The summed E-state index contributed by atoms with van der Waals surface area (Å²) in [5.41, 5.74) is 15.6.